The van der Waals surface area contributed by atoms with Crippen LogP contribution in [0.5, 0.6) is 0 Å². The summed E-state index contributed by atoms with van der Waals surface area (Å²) in [6.45, 7) is 6.06. The number of ether oxygens (including phenoxy) is 1. The number of amides is 1. The first-order chi connectivity index (χ1) is 8.58. The molecular weight excluding hydrogens is 230 g/mol. The summed E-state index contributed by atoms with van der Waals surface area (Å²) in [4.78, 5) is 24.4. The van der Waals surface area contributed by atoms with Crippen molar-refractivity contribution in [1.82, 2.24) is 4.90 Å². The predicted octanol–water partition coefficient (Wildman–Crippen LogP) is 2.01. The van der Waals surface area contributed by atoms with Crippen LogP contribution in [0.2, 0.25) is 0 Å². The fourth-order valence-corrected chi connectivity index (χ4v) is 1.60. The Balaban J connectivity index is 2.86. The Bertz CT molecular complexity index is 454. The van der Waals surface area contributed by atoms with Gasteiger partial charge in [0.15, 0.2) is 0 Å². The van der Waals surface area contributed by atoms with Crippen LogP contribution in [-0.4, -0.2) is 30.4 Å². The van der Waals surface area contributed by atoms with E-state index in [2.05, 4.69) is 11.3 Å². The van der Waals surface area contributed by atoms with E-state index >= 15 is 0 Å². The van der Waals surface area contributed by atoms with Crippen LogP contribution in [0.15, 0.2) is 36.9 Å². The summed E-state index contributed by atoms with van der Waals surface area (Å²) >= 11 is 0. The summed E-state index contributed by atoms with van der Waals surface area (Å²) in [5.41, 5.74) is 1.37. The molecule has 18 heavy (non-hydrogen) atoms. The van der Waals surface area contributed by atoms with Crippen LogP contribution >= 0.6 is 0 Å². The molecule has 0 aliphatic heterocycles. The van der Waals surface area contributed by atoms with Crippen LogP contribution in [0.1, 0.15) is 22.8 Å². The molecule has 0 aliphatic carbocycles. The van der Waals surface area contributed by atoms with Gasteiger partial charge in [0.2, 0.25) is 5.91 Å². The molecule has 0 atom stereocenters. The van der Waals surface area contributed by atoms with E-state index in [1.54, 1.807) is 29.2 Å². The Morgan fingerprint density at radius 3 is 2.72 bits per heavy atom. The van der Waals surface area contributed by atoms with Crippen LogP contribution < -0.4 is 0 Å². The molecule has 4 nitrogen and oxygen atoms in total. The fourth-order valence-electron chi connectivity index (χ4n) is 1.60. The van der Waals surface area contributed by atoms with Crippen molar-refractivity contribution in [3.63, 3.8) is 0 Å². The SMILES string of the molecule is C=CCN(Cc1cccc(C(=O)OC)c1)C(C)=O. The maximum Gasteiger partial charge on any atom is 0.337 e. The molecule has 1 amide bonds. The number of hydrogen-bond acceptors (Lipinski definition) is 3. The van der Waals surface area contributed by atoms with Crippen molar-refractivity contribution in [2.75, 3.05) is 13.7 Å². The molecule has 0 saturated carbocycles. The van der Waals surface area contributed by atoms with Crippen LogP contribution in [0.3, 0.4) is 0 Å². The van der Waals surface area contributed by atoms with E-state index in [0.29, 0.717) is 18.7 Å². The van der Waals surface area contributed by atoms with E-state index in [1.165, 1.54) is 14.0 Å². The van der Waals surface area contributed by atoms with Gasteiger partial charge in [0.1, 0.15) is 0 Å². The van der Waals surface area contributed by atoms with Crippen molar-refractivity contribution >= 4 is 11.9 Å². The van der Waals surface area contributed by atoms with Gasteiger partial charge in [0, 0.05) is 20.0 Å². The number of hydrogen-bond donors (Lipinski definition) is 0. The lowest BCUT2D eigenvalue weighted by molar-refractivity contribution is -0.128. The molecule has 0 aliphatic rings. The minimum absolute atomic E-state index is 0.0293. The van der Waals surface area contributed by atoms with E-state index in [-0.39, 0.29) is 11.9 Å². The highest BCUT2D eigenvalue weighted by molar-refractivity contribution is 5.89. The number of esters is 1. The van der Waals surface area contributed by atoms with Crippen molar-refractivity contribution in [2.45, 2.75) is 13.5 Å². The smallest absolute Gasteiger partial charge is 0.337 e. The van der Waals surface area contributed by atoms with Crippen LogP contribution in [-0.2, 0) is 16.1 Å². The highest BCUT2D eigenvalue weighted by atomic mass is 16.5. The molecule has 1 aromatic carbocycles. The van der Waals surface area contributed by atoms with Gasteiger partial charge in [-0.1, -0.05) is 18.2 Å². The third-order valence-corrected chi connectivity index (χ3v) is 2.52. The molecule has 4 heteroatoms. The molecule has 0 aromatic heterocycles. The Morgan fingerprint density at radius 1 is 1.44 bits per heavy atom. The highest BCUT2D eigenvalue weighted by Crippen LogP contribution is 2.09. The van der Waals surface area contributed by atoms with E-state index in [9.17, 15) is 9.59 Å². The molecule has 0 spiro atoms. The zero-order valence-electron chi connectivity index (χ0n) is 10.7. The summed E-state index contributed by atoms with van der Waals surface area (Å²) in [5.74, 6) is -0.409. The lowest BCUT2D eigenvalue weighted by atomic mass is 10.1. The van der Waals surface area contributed by atoms with Crippen molar-refractivity contribution in [2.24, 2.45) is 0 Å². The Labute approximate surface area is 107 Å². The average molecular weight is 247 g/mol. The summed E-state index contributed by atoms with van der Waals surface area (Å²) in [6.07, 6.45) is 1.67. The average Bonchev–Trinajstić information content (AvgIpc) is 2.37. The number of carbonyl (C=O) groups excluding carboxylic acids is 2. The molecule has 0 heterocycles. The quantitative estimate of drug-likeness (QED) is 0.590. The second-order valence-corrected chi connectivity index (χ2v) is 3.88. The molecule has 0 fully saturated rings. The predicted molar refractivity (Wildman–Crippen MR) is 69.1 cm³/mol. The maximum atomic E-state index is 11.4. The zero-order valence-corrected chi connectivity index (χ0v) is 10.7. The third kappa shape index (κ3) is 3.73. The topological polar surface area (TPSA) is 46.6 Å². The summed E-state index contributed by atoms with van der Waals surface area (Å²) in [5, 5.41) is 0. The molecule has 0 bridgehead atoms. The number of carbonyl (C=O) groups is 2. The van der Waals surface area contributed by atoms with Crippen LogP contribution in [0.25, 0.3) is 0 Å². The standard InChI is InChI=1S/C14H17NO3/c1-4-8-15(11(2)16)10-12-6-5-7-13(9-12)14(17)18-3/h4-7,9H,1,8,10H2,2-3H3. The molecule has 0 saturated heterocycles. The third-order valence-electron chi connectivity index (χ3n) is 2.52. The van der Waals surface area contributed by atoms with Gasteiger partial charge < -0.3 is 9.64 Å². The molecule has 1 aromatic rings. The normalized spacial score (nSPS) is 9.67. The van der Waals surface area contributed by atoms with Gasteiger partial charge in [-0.15, -0.1) is 6.58 Å². The Morgan fingerprint density at radius 2 is 2.17 bits per heavy atom. The van der Waals surface area contributed by atoms with Gasteiger partial charge in [-0.3, -0.25) is 4.79 Å². The Hall–Kier alpha value is -2.10. The van der Waals surface area contributed by atoms with Crippen molar-refractivity contribution in [1.29, 1.82) is 0 Å². The molecule has 0 unspecified atom stereocenters. The van der Waals surface area contributed by atoms with Gasteiger partial charge in [-0.05, 0) is 17.7 Å². The molecular formula is C14H17NO3. The minimum atomic E-state index is -0.380. The number of nitrogens with zero attached hydrogens (tertiary/aromatic N) is 1. The van der Waals surface area contributed by atoms with E-state index in [1.807, 2.05) is 6.07 Å². The second-order valence-electron chi connectivity index (χ2n) is 3.88. The molecule has 1 rings (SSSR count). The number of benzene rings is 1. The Kier molecular flexibility index (Phi) is 5.11. The van der Waals surface area contributed by atoms with Crippen LogP contribution in [0.4, 0.5) is 0 Å². The molecule has 96 valence electrons. The van der Waals surface area contributed by atoms with Crippen molar-refractivity contribution in [3.05, 3.63) is 48.0 Å². The van der Waals surface area contributed by atoms with Crippen molar-refractivity contribution in [3.8, 4) is 0 Å². The van der Waals surface area contributed by atoms with Gasteiger partial charge in [0.25, 0.3) is 0 Å². The lowest BCUT2D eigenvalue weighted by Gasteiger charge is -2.19. The van der Waals surface area contributed by atoms with E-state index in [0.717, 1.165) is 5.56 Å². The number of methoxy groups -OCH3 is 1. The first kappa shape index (κ1) is 14.0. The minimum Gasteiger partial charge on any atom is -0.465 e. The van der Waals surface area contributed by atoms with Gasteiger partial charge in [-0.2, -0.15) is 0 Å². The second kappa shape index (κ2) is 6.59. The zero-order chi connectivity index (χ0) is 13.5. The lowest BCUT2D eigenvalue weighted by Crippen LogP contribution is -2.28. The van der Waals surface area contributed by atoms with E-state index < -0.39 is 0 Å². The fraction of sp³-hybridized carbons (Fsp3) is 0.286. The van der Waals surface area contributed by atoms with Gasteiger partial charge in [-0.25, -0.2) is 4.79 Å². The molecule has 0 N–H and O–H groups in total. The maximum absolute atomic E-state index is 11.4. The molecule has 0 radical (unpaired) electrons. The van der Waals surface area contributed by atoms with Gasteiger partial charge >= 0.3 is 5.97 Å². The van der Waals surface area contributed by atoms with Gasteiger partial charge in [0.05, 0.1) is 12.7 Å². The number of rotatable bonds is 5. The first-order valence-electron chi connectivity index (χ1n) is 5.62. The largest absolute Gasteiger partial charge is 0.465 e. The van der Waals surface area contributed by atoms with E-state index in [4.69, 9.17) is 0 Å². The van der Waals surface area contributed by atoms with Crippen LogP contribution in [0, 0.1) is 0 Å². The highest BCUT2D eigenvalue weighted by Gasteiger charge is 2.10. The monoisotopic (exact) mass is 247 g/mol. The van der Waals surface area contributed by atoms with Crippen molar-refractivity contribution < 1.29 is 14.3 Å². The summed E-state index contributed by atoms with van der Waals surface area (Å²) < 4.78 is 4.66. The summed E-state index contributed by atoms with van der Waals surface area (Å²) in [7, 11) is 1.34. The first-order valence-corrected chi connectivity index (χ1v) is 5.62. The summed E-state index contributed by atoms with van der Waals surface area (Å²) in [6, 6.07) is 7.05.